The Morgan fingerprint density at radius 3 is 2.60 bits per heavy atom. The minimum atomic E-state index is -0.762. The summed E-state index contributed by atoms with van der Waals surface area (Å²) in [5.41, 5.74) is 7.31. The summed E-state index contributed by atoms with van der Waals surface area (Å²) in [6.07, 6.45) is 3.75. The third kappa shape index (κ3) is 8.48. The molecule has 3 aromatic rings. The Morgan fingerprint density at radius 1 is 1.12 bits per heavy atom. The number of benzene rings is 1. The lowest BCUT2D eigenvalue weighted by atomic mass is 10.0. The van der Waals surface area contributed by atoms with Crippen LogP contribution in [0.2, 0.25) is 0 Å². The fourth-order valence-corrected chi connectivity index (χ4v) is 5.74. The molecule has 5 N–H and O–H groups in total. The molecule has 1 aromatic carbocycles. The van der Waals surface area contributed by atoms with Crippen molar-refractivity contribution < 1.29 is 23.6 Å². The van der Waals surface area contributed by atoms with Crippen LogP contribution >= 0.6 is 11.3 Å². The Balaban J connectivity index is 1.65. The van der Waals surface area contributed by atoms with E-state index in [1.165, 1.54) is 22.5 Å². The molecule has 230 valence electrons. The number of hydrogen-bond acceptors (Lipinski definition) is 9. The van der Waals surface area contributed by atoms with Crippen molar-refractivity contribution in [2.24, 2.45) is 11.7 Å². The van der Waals surface area contributed by atoms with Crippen LogP contribution in [0.25, 0.3) is 0 Å². The second-order valence-corrected chi connectivity index (χ2v) is 11.8. The van der Waals surface area contributed by atoms with Crippen LogP contribution in [0.1, 0.15) is 89.6 Å². The molecule has 3 heterocycles. The average molecular weight is 610 g/mol. The number of nitrogens with two attached hydrogens (primary N) is 1. The number of fused-ring (bicyclic) bond motifs is 4. The number of amides is 4. The molecule has 0 saturated heterocycles. The first-order valence-electron chi connectivity index (χ1n) is 14.5. The van der Waals surface area contributed by atoms with Gasteiger partial charge in [-0.25, -0.2) is 9.97 Å². The number of nitrogens with one attached hydrogen (secondary N) is 3. The van der Waals surface area contributed by atoms with Crippen LogP contribution in [0, 0.1) is 5.92 Å². The van der Waals surface area contributed by atoms with Crippen molar-refractivity contribution in [1.29, 1.82) is 0 Å². The van der Waals surface area contributed by atoms with E-state index in [0.717, 1.165) is 18.4 Å². The van der Waals surface area contributed by atoms with Gasteiger partial charge >= 0.3 is 0 Å². The molecular formula is C30H39N7O5S. The summed E-state index contributed by atoms with van der Waals surface area (Å²) in [6, 6.07) is 7.60. The van der Waals surface area contributed by atoms with Crippen LogP contribution in [0.3, 0.4) is 0 Å². The molecule has 2 aromatic heterocycles. The number of nitrogens with zero attached hydrogens (tertiary/aromatic N) is 3. The number of carbonyl (C=O) groups excluding carboxylic acids is 4. The smallest absolute Gasteiger partial charge is 0.273 e. The molecule has 13 heteroatoms. The molecule has 0 saturated carbocycles. The van der Waals surface area contributed by atoms with E-state index in [1.54, 1.807) is 5.38 Å². The standard InChI is InChI=1S/C30H39N7O5S/c1-4-5-11-20(31)30(41)37-13-12-32-26(39)22-16-42-28(34-22)21(14-19-9-7-6-8-10-19)33-27(40)23-17-43-29(35-23)25(18(2)3)36-24(38)15-37/h6-10,16-18,20-21,25H,4-5,11-15,31H2,1-3H3,(H,32,39)(H,33,40)(H,36,38)/t20-,21-,25-/m0/s1. The quantitative estimate of drug-likeness (QED) is 0.317. The van der Waals surface area contributed by atoms with E-state index in [0.29, 0.717) is 17.8 Å². The molecular weight excluding hydrogens is 570 g/mol. The minimum absolute atomic E-state index is 0.0226. The number of oxazole rings is 1. The summed E-state index contributed by atoms with van der Waals surface area (Å²) >= 11 is 1.27. The normalized spacial score (nSPS) is 19.2. The molecule has 3 atom stereocenters. The maximum absolute atomic E-state index is 13.4. The number of rotatable bonds is 7. The molecule has 4 bridgehead atoms. The van der Waals surface area contributed by atoms with Crippen LogP contribution in [-0.2, 0) is 16.0 Å². The van der Waals surface area contributed by atoms with E-state index in [-0.39, 0.29) is 48.7 Å². The number of carbonyl (C=O) groups is 4. The summed E-state index contributed by atoms with van der Waals surface area (Å²) in [6.45, 7) is 5.78. The molecule has 0 unspecified atom stereocenters. The first-order chi connectivity index (χ1) is 20.7. The number of hydrogen-bond donors (Lipinski definition) is 4. The van der Waals surface area contributed by atoms with Gasteiger partial charge in [-0.05, 0) is 17.9 Å². The highest BCUT2D eigenvalue weighted by Gasteiger charge is 2.29. The highest BCUT2D eigenvalue weighted by atomic mass is 32.1. The molecule has 12 nitrogen and oxygen atoms in total. The molecule has 0 spiro atoms. The summed E-state index contributed by atoms with van der Waals surface area (Å²) < 4.78 is 5.67. The van der Waals surface area contributed by atoms with Crippen LogP contribution in [-0.4, -0.2) is 64.2 Å². The van der Waals surface area contributed by atoms with Crippen molar-refractivity contribution in [3.8, 4) is 0 Å². The molecule has 4 rings (SSSR count). The van der Waals surface area contributed by atoms with Gasteiger partial charge in [0, 0.05) is 24.9 Å². The second kappa shape index (κ2) is 14.9. The van der Waals surface area contributed by atoms with Crippen LogP contribution in [0.15, 0.2) is 46.4 Å². The molecule has 1 aliphatic heterocycles. The van der Waals surface area contributed by atoms with Gasteiger partial charge in [-0.15, -0.1) is 11.3 Å². The zero-order valence-electron chi connectivity index (χ0n) is 24.7. The highest BCUT2D eigenvalue weighted by Crippen LogP contribution is 2.26. The van der Waals surface area contributed by atoms with E-state index in [2.05, 4.69) is 25.9 Å². The lowest BCUT2D eigenvalue weighted by molar-refractivity contribution is -0.137. The Hall–Kier alpha value is -4.10. The predicted octanol–water partition coefficient (Wildman–Crippen LogP) is 2.75. The Labute approximate surface area is 254 Å². The molecule has 0 fully saturated rings. The minimum Gasteiger partial charge on any atom is -0.446 e. The lowest BCUT2D eigenvalue weighted by Crippen LogP contribution is -2.50. The van der Waals surface area contributed by atoms with Gasteiger partial charge in [0.2, 0.25) is 17.7 Å². The summed E-state index contributed by atoms with van der Waals surface area (Å²) in [5, 5.41) is 10.9. The van der Waals surface area contributed by atoms with Crippen molar-refractivity contribution in [3.63, 3.8) is 0 Å². The monoisotopic (exact) mass is 609 g/mol. The first-order valence-corrected chi connectivity index (χ1v) is 15.4. The van der Waals surface area contributed by atoms with Crippen molar-refractivity contribution in [2.45, 2.75) is 64.6 Å². The van der Waals surface area contributed by atoms with E-state index < -0.39 is 35.8 Å². The summed E-state index contributed by atoms with van der Waals surface area (Å²) in [7, 11) is 0. The summed E-state index contributed by atoms with van der Waals surface area (Å²) in [5.74, 6) is -1.60. The van der Waals surface area contributed by atoms with E-state index in [1.807, 2.05) is 51.1 Å². The van der Waals surface area contributed by atoms with Crippen molar-refractivity contribution in [1.82, 2.24) is 30.8 Å². The van der Waals surface area contributed by atoms with Gasteiger partial charge < -0.3 is 31.0 Å². The average Bonchev–Trinajstić information content (AvgIpc) is 3.68. The summed E-state index contributed by atoms with van der Waals surface area (Å²) in [4.78, 5) is 63.0. The van der Waals surface area contributed by atoms with Gasteiger partial charge in [0.05, 0.1) is 18.6 Å². The van der Waals surface area contributed by atoms with Crippen molar-refractivity contribution >= 4 is 35.0 Å². The second-order valence-electron chi connectivity index (χ2n) is 10.9. The largest absolute Gasteiger partial charge is 0.446 e. The molecule has 0 aliphatic carbocycles. The van der Waals surface area contributed by atoms with Gasteiger partial charge in [-0.1, -0.05) is 63.9 Å². The maximum atomic E-state index is 13.4. The fraction of sp³-hybridized carbons (Fsp3) is 0.467. The molecule has 0 radical (unpaired) electrons. The number of aromatic nitrogens is 2. The van der Waals surface area contributed by atoms with Gasteiger partial charge in [-0.3, -0.25) is 19.2 Å². The van der Waals surface area contributed by atoms with Crippen molar-refractivity contribution in [3.05, 3.63) is 69.8 Å². The zero-order valence-corrected chi connectivity index (χ0v) is 25.5. The Bertz CT molecular complexity index is 1410. The first kappa shape index (κ1) is 31.8. The third-order valence-corrected chi connectivity index (χ3v) is 8.07. The van der Waals surface area contributed by atoms with Crippen LogP contribution in [0.4, 0.5) is 0 Å². The van der Waals surface area contributed by atoms with Crippen molar-refractivity contribution in [2.75, 3.05) is 19.6 Å². The van der Waals surface area contributed by atoms with Gasteiger partial charge in [-0.2, -0.15) is 0 Å². The third-order valence-electron chi connectivity index (χ3n) is 7.14. The predicted molar refractivity (Wildman–Crippen MR) is 161 cm³/mol. The van der Waals surface area contributed by atoms with Crippen LogP contribution < -0.4 is 21.7 Å². The van der Waals surface area contributed by atoms with Crippen LogP contribution in [0.5, 0.6) is 0 Å². The number of unbranched alkanes of at least 4 members (excludes halogenated alkanes) is 1. The van der Waals surface area contributed by atoms with E-state index in [4.69, 9.17) is 10.2 Å². The topological polar surface area (TPSA) is 173 Å². The van der Waals surface area contributed by atoms with Gasteiger partial charge in [0.1, 0.15) is 23.0 Å². The SMILES string of the molecule is CCCC[C@H](N)C(=O)N1CCNC(=O)c2coc(n2)[C@H](Cc2ccccc2)NC(=O)c2csc(n2)[C@H](C(C)C)NC(=O)C1. The zero-order chi connectivity index (χ0) is 30.9. The van der Waals surface area contributed by atoms with E-state index >= 15 is 0 Å². The molecule has 1 aliphatic rings. The molecule has 43 heavy (non-hydrogen) atoms. The highest BCUT2D eigenvalue weighted by molar-refractivity contribution is 7.09. The molecule has 4 amide bonds. The van der Waals surface area contributed by atoms with Gasteiger partial charge in [0.25, 0.3) is 11.8 Å². The Morgan fingerprint density at radius 2 is 1.88 bits per heavy atom. The van der Waals surface area contributed by atoms with E-state index in [9.17, 15) is 19.2 Å². The fourth-order valence-electron chi connectivity index (χ4n) is 4.72. The lowest BCUT2D eigenvalue weighted by Gasteiger charge is -2.27. The maximum Gasteiger partial charge on any atom is 0.273 e. The van der Waals surface area contributed by atoms with Gasteiger partial charge in [0.15, 0.2) is 5.69 Å². The Kier molecular flexibility index (Phi) is 11.0. The number of thiazole rings is 1.